The normalized spacial score (nSPS) is 12.2. The van der Waals surface area contributed by atoms with Gasteiger partial charge in [-0.2, -0.15) is 8.78 Å². The molecular weight excluding hydrogens is 222 g/mol. The van der Waals surface area contributed by atoms with Crippen molar-refractivity contribution < 1.29 is 17.6 Å². The SMILES string of the molecule is CC(C)NCC(F)(F)c1cc(F)cc(F)c1. The van der Waals surface area contributed by atoms with Gasteiger partial charge in [-0.1, -0.05) is 13.8 Å². The van der Waals surface area contributed by atoms with E-state index in [0.717, 1.165) is 0 Å². The molecule has 0 aliphatic carbocycles. The summed E-state index contributed by atoms with van der Waals surface area (Å²) in [6.07, 6.45) is 0. The molecule has 0 atom stereocenters. The molecule has 0 saturated carbocycles. The van der Waals surface area contributed by atoms with E-state index in [1.54, 1.807) is 13.8 Å². The molecule has 0 bridgehead atoms. The second-order valence-corrected chi connectivity index (χ2v) is 3.90. The molecule has 1 rings (SSSR count). The largest absolute Gasteiger partial charge is 0.309 e. The summed E-state index contributed by atoms with van der Waals surface area (Å²) < 4.78 is 52.5. The van der Waals surface area contributed by atoms with Crippen LogP contribution in [0.1, 0.15) is 19.4 Å². The first-order valence-electron chi connectivity index (χ1n) is 4.89. The van der Waals surface area contributed by atoms with Crippen molar-refractivity contribution in [3.8, 4) is 0 Å². The molecule has 1 aromatic carbocycles. The first-order chi connectivity index (χ1) is 7.31. The van der Waals surface area contributed by atoms with Gasteiger partial charge in [-0.3, -0.25) is 0 Å². The Morgan fingerprint density at radius 2 is 1.62 bits per heavy atom. The maximum absolute atomic E-state index is 13.5. The molecule has 1 aromatic rings. The van der Waals surface area contributed by atoms with Crippen molar-refractivity contribution in [2.24, 2.45) is 0 Å². The van der Waals surface area contributed by atoms with Crippen LogP contribution in [0.4, 0.5) is 17.6 Å². The van der Waals surface area contributed by atoms with E-state index in [9.17, 15) is 17.6 Å². The van der Waals surface area contributed by atoms with Gasteiger partial charge in [0, 0.05) is 17.7 Å². The molecular formula is C11H13F4N. The Morgan fingerprint density at radius 3 is 2.06 bits per heavy atom. The molecule has 0 radical (unpaired) electrons. The molecule has 0 spiro atoms. The number of nitrogens with one attached hydrogen (secondary N) is 1. The quantitative estimate of drug-likeness (QED) is 0.791. The summed E-state index contributed by atoms with van der Waals surface area (Å²) in [7, 11) is 0. The van der Waals surface area contributed by atoms with Gasteiger partial charge in [0.25, 0.3) is 5.92 Å². The number of benzene rings is 1. The molecule has 0 aliphatic heterocycles. The molecule has 1 N–H and O–H groups in total. The van der Waals surface area contributed by atoms with Crippen molar-refractivity contribution >= 4 is 0 Å². The summed E-state index contributed by atoms with van der Waals surface area (Å²) in [5.41, 5.74) is -0.654. The van der Waals surface area contributed by atoms with Gasteiger partial charge in [0.05, 0.1) is 6.54 Å². The molecule has 1 nitrogen and oxygen atoms in total. The second-order valence-electron chi connectivity index (χ2n) is 3.90. The maximum atomic E-state index is 13.5. The fourth-order valence-corrected chi connectivity index (χ4v) is 1.20. The van der Waals surface area contributed by atoms with E-state index in [-0.39, 0.29) is 6.04 Å². The zero-order chi connectivity index (χ0) is 12.3. The lowest BCUT2D eigenvalue weighted by molar-refractivity contribution is -0.00542. The second kappa shape index (κ2) is 4.82. The van der Waals surface area contributed by atoms with E-state index in [4.69, 9.17) is 0 Å². The Balaban J connectivity index is 2.88. The van der Waals surface area contributed by atoms with Crippen molar-refractivity contribution in [2.45, 2.75) is 25.8 Å². The summed E-state index contributed by atoms with van der Waals surface area (Å²) in [5, 5.41) is 2.53. The Labute approximate surface area is 91.5 Å². The molecule has 0 fully saturated rings. The van der Waals surface area contributed by atoms with Crippen molar-refractivity contribution in [3.05, 3.63) is 35.4 Å². The van der Waals surface area contributed by atoms with E-state index in [0.29, 0.717) is 18.2 Å². The monoisotopic (exact) mass is 235 g/mol. The van der Waals surface area contributed by atoms with Crippen LogP contribution in [-0.2, 0) is 5.92 Å². The summed E-state index contributed by atoms with van der Waals surface area (Å²) in [5.74, 6) is -5.29. The summed E-state index contributed by atoms with van der Waals surface area (Å²) in [6, 6.07) is 1.73. The minimum Gasteiger partial charge on any atom is -0.309 e. The summed E-state index contributed by atoms with van der Waals surface area (Å²) in [4.78, 5) is 0. The first kappa shape index (κ1) is 13.0. The Kier molecular flexibility index (Phi) is 3.91. The predicted octanol–water partition coefficient (Wildman–Crippen LogP) is 3.05. The Hall–Kier alpha value is -1.10. The van der Waals surface area contributed by atoms with Crippen LogP contribution in [0.25, 0.3) is 0 Å². The zero-order valence-corrected chi connectivity index (χ0v) is 9.03. The van der Waals surface area contributed by atoms with E-state index >= 15 is 0 Å². The molecule has 5 heteroatoms. The molecule has 0 aromatic heterocycles. The number of hydrogen-bond acceptors (Lipinski definition) is 1. The third-order valence-corrected chi connectivity index (χ3v) is 2.02. The average Bonchev–Trinajstić information content (AvgIpc) is 2.13. The highest BCUT2D eigenvalue weighted by atomic mass is 19.3. The van der Waals surface area contributed by atoms with Crippen LogP contribution >= 0.6 is 0 Å². The van der Waals surface area contributed by atoms with Gasteiger partial charge < -0.3 is 5.32 Å². The van der Waals surface area contributed by atoms with Gasteiger partial charge in [-0.05, 0) is 12.1 Å². The van der Waals surface area contributed by atoms with Crippen molar-refractivity contribution in [1.29, 1.82) is 0 Å². The number of halogens is 4. The van der Waals surface area contributed by atoms with E-state index < -0.39 is 29.7 Å². The van der Waals surface area contributed by atoms with Crippen molar-refractivity contribution in [1.82, 2.24) is 5.32 Å². The molecule has 16 heavy (non-hydrogen) atoms. The minimum absolute atomic E-state index is 0.121. The van der Waals surface area contributed by atoms with Crippen LogP contribution in [0.5, 0.6) is 0 Å². The number of hydrogen-bond donors (Lipinski definition) is 1. The van der Waals surface area contributed by atoms with Crippen LogP contribution < -0.4 is 5.32 Å². The van der Waals surface area contributed by atoms with Gasteiger partial charge in [-0.15, -0.1) is 0 Å². The molecule has 0 saturated heterocycles. The van der Waals surface area contributed by atoms with Gasteiger partial charge in [-0.25, -0.2) is 8.78 Å². The number of alkyl halides is 2. The van der Waals surface area contributed by atoms with Crippen LogP contribution in [0.15, 0.2) is 18.2 Å². The Bertz CT molecular complexity index is 343. The molecule has 0 amide bonds. The summed E-state index contributed by atoms with van der Waals surface area (Å²) in [6.45, 7) is 2.78. The van der Waals surface area contributed by atoms with Gasteiger partial charge in [0.15, 0.2) is 0 Å². The third-order valence-electron chi connectivity index (χ3n) is 2.02. The van der Waals surface area contributed by atoms with E-state index in [2.05, 4.69) is 5.32 Å². The van der Waals surface area contributed by atoms with Crippen molar-refractivity contribution in [2.75, 3.05) is 6.54 Å². The molecule has 0 unspecified atom stereocenters. The molecule has 0 heterocycles. The fourth-order valence-electron chi connectivity index (χ4n) is 1.20. The lowest BCUT2D eigenvalue weighted by Gasteiger charge is -2.19. The predicted molar refractivity (Wildman–Crippen MR) is 53.4 cm³/mol. The highest BCUT2D eigenvalue weighted by Crippen LogP contribution is 2.28. The van der Waals surface area contributed by atoms with Gasteiger partial charge in [0.2, 0.25) is 0 Å². The molecule has 90 valence electrons. The minimum atomic E-state index is -3.28. The Morgan fingerprint density at radius 1 is 1.12 bits per heavy atom. The smallest absolute Gasteiger partial charge is 0.285 e. The van der Waals surface area contributed by atoms with Crippen LogP contribution in [0, 0.1) is 11.6 Å². The maximum Gasteiger partial charge on any atom is 0.285 e. The number of rotatable bonds is 4. The fraction of sp³-hybridized carbons (Fsp3) is 0.455. The van der Waals surface area contributed by atoms with Crippen LogP contribution in [0.3, 0.4) is 0 Å². The topological polar surface area (TPSA) is 12.0 Å². The summed E-state index contributed by atoms with van der Waals surface area (Å²) >= 11 is 0. The highest BCUT2D eigenvalue weighted by Gasteiger charge is 2.32. The lowest BCUT2D eigenvalue weighted by Crippen LogP contribution is -2.35. The lowest BCUT2D eigenvalue weighted by atomic mass is 10.1. The standard InChI is InChI=1S/C11H13F4N/c1-7(2)16-6-11(14,15)8-3-9(12)5-10(13)4-8/h3-5,7,16H,6H2,1-2H3. The van der Waals surface area contributed by atoms with Crippen LogP contribution in [0.2, 0.25) is 0 Å². The van der Waals surface area contributed by atoms with Gasteiger partial charge in [0.1, 0.15) is 11.6 Å². The van der Waals surface area contributed by atoms with Crippen molar-refractivity contribution in [3.63, 3.8) is 0 Å². The molecule has 0 aliphatic rings. The van der Waals surface area contributed by atoms with E-state index in [1.807, 2.05) is 0 Å². The zero-order valence-electron chi connectivity index (χ0n) is 9.03. The first-order valence-corrected chi connectivity index (χ1v) is 4.89. The van der Waals surface area contributed by atoms with Gasteiger partial charge >= 0.3 is 0 Å². The van der Waals surface area contributed by atoms with Crippen LogP contribution in [-0.4, -0.2) is 12.6 Å². The third kappa shape index (κ3) is 3.48. The van der Waals surface area contributed by atoms with E-state index in [1.165, 1.54) is 0 Å². The highest BCUT2D eigenvalue weighted by molar-refractivity contribution is 5.22. The average molecular weight is 235 g/mol.